The van der Waals surface area contributed by atoms with Crippen molar-refractivity contribution >= 4 is 45.4 Å². The molecule has 28 heavy (non-hydrogen) atoms. The third kappa shape index (κ3) is 4.34. The molecule has 4 nitrogen and oxygen atoms in total. The molecule has 1 aliphatic heterocycles. The highest BCUT2D eigenvalue weighted by molar-refractivity contribution is 9.10. The van der Waals surface area contributed by atoms with Crippen molar-refractivity contribution in [3.63, 3.8) is 0 Å². The van der Waals surface area contributed by atoms with Crippen molar-refractivity contribution in [2.75, 3.05) is 5.32 Å². The Bertz CT molecular complexity index is 1030. The van der Waals surface area contributed by atoms with Crippen LogP contribution in [-0.4, -0.2) is 11.4 Å². The molecule has 0 spiro atoms. The molecular weight excluding hydrogens is 436 g/mol. The van der Waals surface area contributed by atoms with Crippen LogP contribution in [0.2, 0.25) is 0 Å². The van der Waals surface area contributed by atoms with Crippen LogP contribution >= 0.6 is 27.7 Å². The number of nitrogens with one attached hydrogen (secondary N) is 2. The van der Waals surface area contributed by atoms with Gasteiger partial charge in [0.1, 0.15) is 11.5 Å². The van der Waals surface area contributed by atoms with E-state index >= 15 is 0 Å². The van der Waals surface area contributed by atoms with E-state index in [9.17, 15) is 4.79 Å². The minimum atomic E-state index is -0.203. The summed E-state index contributed by atoms with van der Waals surface area (Å²) in [6, 6.07) is 19.9. The quantitative estimate of drug-likeness (QED) is 0.473. The molecule has 1 aliphatic rings. The van der Waals surface area contributed by atoms with Crippen molar-refractivity contribution in [3.8, 4) is 11.3 Å². The summed E-state index contributed by atoms with van der Waals surface area (Å²) >= 11 is 4.92. The average molecular weight is 455 g/mol. The van der Waals surface area contributed by atoms with Gasteiger partial charge in [-0.3, -0.25) is 4.79 Å². The Kier molecular flexibility index (Phi) is 5.59. The largest absolute Gasteiger partial charge is 0.457 e. The maximum Gasteiger partial charge on any atom is 0.260 e. The molecule has 0 bridgehead atoms. The molecule has 4 rings (SSSR count). The summed E-state index contributed by atoms with van der Waals surface area (Å²) in [5.74, 6) is 1.32. The molecule has 0 saturated carbocycles. The summed E-state index contributed by atoms with van der Waals surface area (Å²) in [7, 11) is 0. The fourth-order valence-corrected chi connectivity index (χ4v) is 4.27. The predicted octanol–water partition coefficient (Wildman–Crippen LogP) is 5.87. The van der Waals surface area contributed by atoms with Crippen molar-refractivity contribution in [3.05, 3.63) is 81.4 Å². The number of thioether (sulfide) groups is 1. The lowest BCUT2D eigenvalue weighted by molar-refractivity contribution is -0.116. The molecule has 0 aliphatic carbocycles. The van der Waals surface area contributed by atoms with Crippen LogP contribution in [0.1, 0.15) is 18.2 Å². The number of furan rings is 1. The zero-order chi connectivity index (χ0) is 19.5. The second-order valence-corrected chi connectivity index (χ2v) is 8.45. The van der Waals surface area contributed by atoms with Gasteiger partial charge in [0.25, 0.3) is 5.91 Å². The van der Waals surface area contributed by atoms with Gasteiger partial charge in [0.2, 0.25) is 0 Å². The maximum atomic E-state index is 12.3. The summed E-state index contributed by atoms with van der Waals surface area (Å²) in [5, 5.41) is 6.27. The Hall–Kier alpha value is -2.44. The molecule has 1 atom stereocenters. The molecule has 2 N–H and O–H groups in total. The highest BCUT2D eigenvalue weighted by Crippen LogP contribution is 2.32. The van der Waals surface area contributed by atoms with Gasteiger partial charge in [0.15, 0.2) is 5.50 Å². The molecule has 0 radical (unpaired) electrons. The van der Waals surface area contributed by atoms with Crippen LogP contribution in [0.25, 0.3) is 17.4 Å². The summed E-state index contributed by atoms with van der Waals surface area (Å²) in [6.07, 6.45) is 2.79. The molecule has 1 fully saturated rings. The van der Waals surface area contributed by atoms with Crippen LogP contribution in [0.3, 0.4) is 0 Å². The number of amides is 1. The van der Waals surface area contributed by atoms with Gasteiger partial charge >= 0.3 is 0 Å². The van der Waals surface area contributed by atoms with Gasteiger partial charge in [-0.25, -0.2) is 0 Å². The topological polar surface area (TPSA) is 54.3 Å². The fourth-order valence-electron chi connectivity index (χ4n) is 2.91. The van der Waals surface area contributed by atoms with E-state index in [1.807, 2.05) is 48.5 Å². The zero-order valence-corrected chi connectivity index (χ0v) is 17.6. The fraction of sp³-hybridized carbons (Fsp3) is 0.136. The monoisotopic (exact) mass is 454 g/mol. The molecule has 6 heteroatoms. The van der Waals surface area contributed by atoms with E-state index in [4.69, 9.17) is 4.42 Å². The number of aryl methyl sites for hydroxylation is 1. The lowest BCUT2D eigenvalue weighted by Crippen LogP contribution is -2.30. The Labute approximate surface area is 176 Å². The van der Waals surface area contributed by atoms with E-state index < -0.39 is 0 Å². The van der Waals surface area contributed by atoms with E-state index in [-0.39, 0.29) is 11.4 Å². The summed E-state index contributed by atoms with van der Waals surface area (Å²) in [6.45, 7) is 2.13. The van der Waals surface area contributed by atoms with Crippen molar-refractivity contribution < 1.29 is 9.21 Å². The van der Waals surface area contributed by atoms with Crippen molar-refractivity contribution in [2.24, 2.45) is 0 Å². The Morgan fingerprint density at radius 1 is 1.18 bits per heavy atom. The van der Waals surface area contributed by atoms with E-state index in [2.05, 4.69) is 45.6 Å². The van der Waals surface area contributed by atoms with Gasteiger partial charge in [-0.15, -0.1) is 0 Å². The molecule has 1 aromatic heterocycles. The number of carbonyl (C=O) groups is 1. The number of anilines is 1. The molecule has 1 saturated heterocycles. The first-order valence-corrected chi connectivity index (χ1v) is 10.7. The first-order chi connectivity index (χ1) is 13.6. The van der Waals surface area contributed by atoms with Crippen LogP contribution in [0.15, 0.2) is 74.5 Å². The van der Waals surface area contributed by atoms with Crippen LogP contribution in [0.5, 0.6) is 0 Å². The normalized spacial score (nSPS) is 17.7. The zero-order valence-electron chi connectivity index (χ0n) is 15.2. The van der Waals surface area contributed by atoms with Crippen LogP contribution in [0, 0.1) is 0 Å². The minimum absolute atomic E-state index is 0.104. The third-order valence-electron chi connectivity index (χ3n) is 4.40. The van der Waals surface area contributed by atoms with Gasteiger partial charge in [-0.1, -0.05) is 58.9 Å². The Morgan fingerprint density at radius 2 is 2.00 bits per heavy atom. The van der Waals surface area contributed by atoms with Crippen LogP contribution in [-0.2, 0) is 11.2 Å². The summed E-state index contributed by atoms with van der Waals surface area (Å²) < 4.78 is 6.90. The average Bonchev–Trinajstić information content (AvgIpc) is 3.29. The van der Waals surface area contributed by atoms with E-state index in [0.717, 1.165) is 27.9 Å². The number of carbonyl (C=O) groups excluding carboxylic acids is 1. The molecule has 1 amide bonds. The molecular formula is C22H19BrN2O2S. The predicted molar refractivity (Wildman–Crippen MR) is 119 cm³/mol. The van der Waals surface area contributed by atoms with Crippen LogP contribution in [0.4, 0.5) is 5.69 Å². The molecule has 3 aromatic rings. The molecule has 2 aromatic carbocycles. The standard InChI is InChI=1S/C22H19BrN2O2S/c1-2-14-6-8-17(9-7-14)24-22-25-21(26)20(28-22)13-18-10-11-19(27-18)15-4-3-5-16(23)12-15/h3-13,22,24H,2H2,1H3,(H,25,26)/b20-13-/t22-/m0/s1. The Morgan fingerprint density at radius 3 is 2.75 bits per heavy atom. The second kappa shape index (κ2) is 8.29. The maximum absolute atomic E-state index is 12.3. The van der Waals surface area contributed by atoms with Crippen LogP contribution < -0.4 is 10.6 Å². The number of benzene rings is 2. The van der Waals surface area contributed by atoms with E-state index in [1.165, 1.54) is 17.3 Å². The summed E-state index contributed by atoms with van der Waals surface area (Å²) in [4.78, 5) is 12.9. The molecule has 2 heterocycles. The number of rotatable bonds is 5. The lowest BCUT2D eigenvalue weighted by Gasteiger charge is -2.12. The first kappa shape index (κ1) is 18.9. The molecule has 142 valence electrons. The minimum Gasteiger partial charge on any atom is -0.457 e. The van der Waals surface area contributed by atoms with Gasteiger partial charge in [0, 0.05) is 21.8 Å². The molecule has 0 unspecified atom stereocenters. The highest BCUT2D eigenvalue weighted by atomic mass is 79.9. The smallest absolute Gasteiger partial charge is 0.260 e. The van der Waals surface area contributed by atoms with E-state index in [1.54, 1.807) is 6.08 Å². The van der Waals surface area contributed by atoms with Crippen molar-refractivity contribution in [1.29, 1.82) is 0 Å². The number of halogens is 1. The first-order valence-electron chi connectivity index (χ1n) is 9.01. The van der Waals surface area contributed by atoms with Gasteiger partial charge in [0.05, 0.1) is 4.91 Å². The van der Waals surface area contributed by atoms with Crippen molar-refractivity contribution in [1.82, 2.24) is 5.32 Å². The lowest BCUT2D eigenvalue weighted by atomic mass is 10.1. The third-order valence-corrected chi connectivity index (χ3v) is 5.92. The highest BCUT2D eigenvalue weighted by Gasteiger charge is 2.27. The van der Waals surface area contributed by atoms with Gasteiger partial charge in [-0.05, 0) is 48.4 Å². The van der Waals surface area contributed by atoms with Crippen molar-refractivity contribution in [2.45, 2.75) is 18.8 Å². The number of hydrogen-bond donors (Lipinski definition) is 2. The van der Waals surface area contributed by atoms with Gasteiger partial charge < -0.3 is 15.1 Å². The number of hydrogen-bond acceptors (Lipinski definition) is 4. The van der Waals surface area contributed by atoms with E-state index in [0.29, 0.717) is 10.7 Å². The second-order valence-electron chi connectivity index (χ2n) is 6.39. The summed E-state index contributed by atoms with van der Waals surface area (Å²) in [5.41, 5.74) is 3.04. The SMILES string of the molecule is CCc1ccc(N[C@H]2NC(=O)/C(=C/c3ccc(-c4cccc(Br)c4)o3)S2)cc1. The van der Waals surface area contributed by atoms with Gasteiger partial charge in [-0.2, -0.15) is 0 Å². The Balaban J connectivity index is 1.46.